The van der Waals surface area contributed by atoms with Gasteiger partial charge in [0.15, 0.2) is 0 Å². The minimum atomic E-state index is -4.46. The van der Waals surface area contributed by atoms with Crippen molar-refractivity contribution < 1.29 is 23.0 Å². The van der Waals surface area contributed by atoms with Crippen LogP contribution in [0, 0.1) is 0 Å². The highest BCUT2D eigenvalue weighted by Crippen LogP contribution is 2.36. The number of aliphatic hydroxyl groups is 1. The van der Waals surface area contributed by atoms with Crippen LogP contribution in [-0.2, 0) is 11.9 Å². The Balaban J connectivity index is 2.20. The molecule has 0 aliphatic heterocycles. The number of ether oxygens (including phenoxy) is 1. The molecule has 1 N–H and O–H groups in total. The van der Waals surface area contributed by atoms with Crippen molar-refractivity contribution in [2.45, 2.75) is 29.9 Å². The van der Waals surface area contributed by atoms with E-state index in [1.165, 1.54) is 18.7 Å². The lowest BCUT2D eigenvalue weighted by Gasteiger charge is -2.14. The maximum absolute atomic E-state index is 12.8. The highest BCUT2D eigenvalue weighted by Gasteiger charge is 2.32. The zero-order valence-corrected chi connectivity index (χ0v) is 13.2. The summed E-state index contributed by atoms with van der Waals surface area (Å²) in [4.78, 5) is 4.05. The monoisotopic (exact) mass is 343 g/mol. The quantitative estimate of drug-likeness (QED) is 0.800. The summed E-state index contributed by atoms with van der Waals surface area (Å²) in [5.41, 5.74) is 0.161. The van der Waals surface area contributed by atoms with Crippen LogP contribution in [0.4, 0.5) is 13.2 Å². The Morgan fingerprint density at radius 1 is 1.26 bits per heavy atom. The van der Waals surface area contributed by atoms with E-state index < -0.39 is 17.8 Å². The molecule has 1 aromatic carbocycles. The highest BCUT2D eigenvalue weighted by atomic mass is 32.2. The third-order valence-electron chi connectivity index (χ3n) is 2.84. The number of alkyl halides is 3. The predicted octanol–water partition coefficient (Wildman–Crippen LogP) is 4.15. The first-order valence-electron chi connectivity index (χ1n) is 6.91. The number of aliphatic hydroxyl groups excluding tert-OH is 1. The SMILES string of the molecule is CC(O)COc1ncc(C(F)(F)F)cc1SCc1ccccc1. The molecule has 1 unspecified atom stereocenters. The summed E-state index contributed by atoms with van der Waals surface area (Å²) in [5, 5.41) is 9.26. The van der Waals surface area contributed by atoms with E-state index in [4.69, 9.17) is 4.74 Å². The smallest absolute Gasteiger partial charge is 0.417 e. The van der Waals surface area contributed by atoms with Crippen LogP contribution in [-0.4, -0.2) is 22.8 Å². The average Bonchev–Trinajstić information content (AvgIpc) is 2.51. The van der Waals surface area contributed by atoms with Gasteiger partial charge in [-0.25, -0.2) is 4.98 Å². The van der Waals surface area contributed by atoms with E-state index in [1.807, 2.05) is 30.3 Å². The van der Waals surface area contributed by atoms with Gasteiger partial charge >= 0.3 is 6.18 Å². The summed E-state index contributed by atoms with van der Waals surface area (Å²) in [5.74, 6) is 0.592. The molecule has 0 amide bonds. The Kier molecular flexibility index (Phi) is 5.90. The van der Waals surface area contributed by atoms with Gasteiger partial charge in [0, 0.05) is 11.9 Å². The number of hydrogen-bond acceptors (Lipinski definition) is 4. The van der Waals surface area contributed by atoms with Crippen molar-refractivity contribution in [3.8, 4) is 5.88 Å². The van der Waals surface area contributed by atoms with Gasteiger partial charge in [0.2, 0.25) is 5.88 Å². The molecule has 0 aliphatic rings. The molecule has 0 saturated carbocycles. The number of rotatable bonds is 6. The van der Waals surface area contributed by atoms with Gasteiger partial charge < -0.3 is 9.84 Å². The van der Waals surface area contributed by atoms with Crippen molar-refractivity contribution in [1.82, 2.24) is 4.98 Å². The van der Waals surface area contributed by atoms with Crippen molar-refractivity contribution in [2.75, 3.05) is 6.61 Å². The number of nitrogens with zero attached hydrogens (tertiary/aromatic N) is 1. The molecule has 1 heterocycles. The number of halogens is 3. The van der Waals surface area contributed by atoms with Crippen LogP contribution in [0.2, 0.25) is 0 Å². The van der Waals surface area contributed by atoms with Gasteiger partial charge in [0.05, 0.1) is 16.6 Å². The van der Waals surface area contributed by atoms with Crippen LogP contribution >= 0.6 is 11.8 Å². The third-order valence-corrected chi connectivity index (χ3v) is 3.93. The molecule has 1 atom stereocenters. The molecule has 1 aromatic heterocycles. The third kappa shape index (κ3) is 5.44. The molecule has 0 aliphatic carbocycles. The Bertz CT molecular complexity index is 633. The molecule has 3 nitrogen and oxygen atoms in total. The molecule has 2 rings (SSSR count). The van der Waals surface area contributed by atoms with Crippen LogP contribution in [0.1, 0.15) is 18.1 Å². The normalized spacial score (nSPS) is 12.9. The fourth-order valence-corrected chi connectivity index (χ4v) is 2.69. The first-order valence-corrected chi connectivity index (χ1v) is 7.89. The van der Waals surface area contributed by atoms with E-state index in [1.54, 1.807) is 0 Å². The van der Waals surface area contributed by atoms with E-state index in [0.29, 0.717) is 10.6 Å². The standard InChI is InChI=1S/C16H16F3NO2S/c1-11(21)9-22-15-14(7-13(8-20-15)16(17,18)19)23-10-12-5-3-2-4-6-12/h2-8,11,21H,9-10H2,1H3. The fraction of sp³-hybridized carbons (Fsp3) is 0.312. The number of thioether (sulfide) groups is 1. The summed E-state index contributed by atoms with van der Waals surface area (Å²) in [6, 6.07) is 10.4. The first kappa shape index (κ1) is 17.6. The number of aromatic nitrogens is 1. The van der Waals surface area contributed by atoms with Crippen molar-refractivity contribution in [3.63, 3.8) is 0 Å². The zero-order valence-electron chi connectivity index (χ0n) is 12.4. The lowest BCUT2D eigenvalue weighted by Crippen LogP contribution is -2.14. The summed E-state index contributed by atoms with van der Waals surface area (Å²) in [7, 11) is 0. The molecular weight excluding hydrogens is 327 g/mol. The highest BCUT2D eigenvalue weighted by molar-refractivity contribution is 7.98. The number of benzene rings is 1. The second-order valence-electron chi connectivity index (χ2n) is 4.96. The first-order chi connectivity index (χ1) is 10.9. The van der Waals surface area contributed by atoms with Gasteiger partial charge in [-0.3, -0.25) is 0 Å². The molecule has 0 fully saturated rings. The van der Waals surface area contributed by atoms with Gasteiger partial charge in [-0.1, -0.05) is 30.3 Å². The van der Waals surface area contributed by atoms with Crippen LogP contribution in [0.25, 0.3) is 0 Å². The van der Waals surface area contributed by atoms with Crippen LogP contribution in [0.3, 0.4) is 0 Å². The molecule has 0 saturated heterocycles. The average molecular weight is 343 g/mol. The lowest BCUT2D eigenvalue weighted by atomic mass is 10.2. The molecule has 124 valence electrons. The lowest BCUT2D eigenvalue weighted by molar-refractivity contribution is -0.138. The Hall–Kier alpha value is -1.73. The molecule has 0 spiro atoms. The summed E-state index contributed by atoms with van der Waals surface area (Å²) >= 11 is 1.21. The Morgan fingerprint density at radius 2 is 1.96 bits per heavy atom. The van der Waals surface area contributed by atoms with Crippen molar-refractivity contribution in [1.29, 1.82) is 0 Å². The van der Waals surface area contributed by atoms with Crippen molar-refractivity contribution in [2.24, 2.45) is 0 Å². The van der Waals surface area contributed by atoms with Gasteiger partial charge in [0.25, 0.3) is 0 Å². The second-order valence-corrected chi connectivity index (χ2v) is 5.98. The van der Waals surface area contributed by atoms with Crippen LogP contribution in [0.15, 0.2) is 47.5 Å². The van der Waals surface area contributed by atoms with Crippen molar-refractivity contribution >= 4 is 11.8 Å². The van der Waals surface area contributed by atoms with Gasteiger partial charge in [0.1, 0.15) is 6.61 Å². The van der Waals surface area contributed by atoms with Crippen LogP contribution < -0.4 is 4.74 Å². The summed E-state index contributed by atoms with van der Waals surface area (Å²) < 4.78 is 43.8. The Labute approximate surface area is 136 Å². The minimum absolute atomic E-state index is 0.0305. The van der Waals surface area contributed by atoms with Gasteiger partial charge in [-0.05, 0) is 18.6 Å². The van der Waals surface area contributed by atoms with E-state index in [2.05, 4.69) is 4.98 Å². The molecule has 23 heavy (non-hydrogen) atoms. The van der Waals surface area contributed by atoms with Gasteiger partial charge in [-0.2, -0.15) is 13.2 Å². The van der Waals surface area contributed by atoms with E-state index >= 15 is 0 Å². The zero-order chi connectivity index (χ0) is 16.9. The van der Waals surface area contributed by atoms with Crippen molar-refractivity contribution in [3.05, 3.63) is 53.7 Å². The molecule has 2 aromatic rings. The largest absolute Gasteiger partial charge is 0.474 e. The number of pyridine rings is 1. The maximum Gasteiger partial charge on any atom is 0.417 e. The molecule has 7 heteroatoms. The van der Waals surface area contributed by atoms with E-state index in [9.17, 15) is 18.3 Å². The van der Waals surface area contributed by atoms with E-state index in [0.717, 1.165) is 17.8 Å². The Morgan fingerprint density at radius 3 is 2.57 bits per heavy atom. The predicted molar refractivity (Wildman–Crippen MR) is 82.4 cm³/mol. The maximum atomic E-state index is 12.8. The molecular formula is C16H16F3NO2S. The van der Waals surface area contributed by atoms with E-state index in [-0.39, 0.29) is 12.5 Å². The minimum Gasteiger partial charge on any atom is -0.474 e. The van der Waals surface area contributed by atoms with Crippen LogP contribution in [0.5, 0.6) is 5.88 Å². The fourth-order valence-electron chi connectivity index (χ4n) is 1.73. The summed E-state index contributed by atoms with van der Waals surface area (Å²) in [6.07, 6.45) is -4.45. The van der Waals surface area contributed by atoms with Gasteiger partial charge in [-0.15, -0.1) is 11.8 Å². The molecule has 0 radical (unpaired) electrons. The number of hydrogen-bond donors (Lipinski definition) is 1. The summed E-state index contributed by atoms with van der Waals surface area (Å²) in [6.45, 7) is 1.50. The molecule has 0 bridgehead atoms. The second kappa shape index (κ2) is 7.70. The topological polar surface area (TPSA) is 42.4 Å².